The Hall–Kier alpha value is -2.61. The molecule has 0 saturated carbocycles. The summed E-state index contributed by atoms with van der Waals surface area (Å²) in [6.45, 7) is 0.237. The number of ether oxygens (including phenoxy) is 1. The molecule has 3 aromatic rings. The zero-order chi connectivity index (χ0) is 18.1. The van der Waals surface area contributed by atoms with Gasteiger partial charge in [0.1, 0.15) is 17.1 Å². The van der Waals surface area contributed by atoms with E-state index in [1.54, 1.807) is 11.6 Å². The van der Waals surface area contributed by atoms with Gasteiger partial charge in [0, 0.05) is 24.4 Å². The van der Waals surface area contributed by atoms with Crippen LogP contribution in [-0.2, 0) is 31.2 Å². The van der Waals surface area contributed by atoms with Gasteiger partial charge in [0.2, 0.25) is 0 Å². The van der Waals surface area contributed by atoms with Crippen molar-refractivity contribution in [3.8, 4) is 5.75 Å². The molecular weight excluding hydrogens is 352 g/mol. The van der Waals surface area contributed by atoms with Crippen LogP contribution in [0.4, 0.5) is 0 Å². The molecule has 0 fully saturated rings. The van der Waals surface area contributed by atoms with Gasteiger partial charge < -0.3 is 19.0 Å². The predicted octanol–water partition coefficient (Wildman–Crippen LogP) is 2.80. The minimum atomic E-state index is -0.215. The highest BCUT2D eigenvalue weighted by atomic mass is 32.1. The molecule has 2 heterocycles. The molecule has 136 valence electrons. The van der Waals surface area contributed by atoms with E-state index < -0.39 is 0 Å². The number of aromatic amines is 1. The third-order valence-corrected chi connectivity index (χ3v) is 5.08. The highest BCUT2D eigenvalue weighted by Crippen LogP contribution is 2.33. The average molecular weight is 372 g/mol. The third-order valence-electron chi connectivity index (χ3n) is 4.71. The standard InChI is InChI=1S/C18H20N4O3S/c1-22-16(20-21-18(22)26)9-19-17(23)10-24-11-6-7-15-13(8-11)12-4-2-3-5-14(12)25-15/h6-8H,2-5,9-10H2,1H3,(H,19,23)(H,21,26). The molecular formula is C18H20N4O3S. The minimum absolute atomic E-state index is 0.0551. The summed E-state index contributed by atoms with van der Waals surface area (Å²) in [5, 5.41) is 10.6. The predicted molar refractivity (Wildman–Crippen MR) is 98.6 cm³/mol. The lowest BCUT2D eigenvalue weighted by molar-refractivity contribution is -0.123. The molecule has 1 aliphatic rings. The Balaban J connectivity index is 1.38. The molecule has 0 aliphatic heterocycles. The molecule has 0 saturated heterocycles. The number of carbonyl (C=O) groups excluding carboxylic acids is 1. The van der Waals surface area contributed by atoms with Crippen molar-refractivity contribution in [3.63, 3.8) is 0 Å². The van der Waals surface area contributed by atoms with Gasteiger partial charge in [-0.25, -0.2) is 0 Å². The molecule has 1 aliphatic carbocycles. The van der Waals surface area contributed by atoms with Gasteiger partial charge in [-0.1, -0.05) is 0 Å². The van der Waals surface area contributed by atoms with Crippen LogP contribution in [0, 0.1) is 4.77 Å². The van der Waals surface area contributed by atoms with Crippen LogP contribution in [0.1, 0.15) is 30.0 Å². The number of hydrogen-bond donors (Lipinski definition) is 2. The molecule has 1 aromatic carbocycles. The number of nitrogens with zero attached hydrogens (tertiary/aromatic N) is 2. The number of nitrogens with one attached hydrogen (secondary N) is 2. The van der Waals surface area contributed by atoms with Gasteiger partial charge in [0.15, 0.2) is 17.2 Å². The Morgan fingerprint density at radius 3 is 3.08 bits per heavy atom. The fourth-order valence-electron chi connectivity index (χ4n) is 3.25. The van der Waals surface area contributed by atoms with Gasteiger partial charge in [-0.2, -0.15) is 5.10 Å². The third kappa shape index (κ3) is 3.24. The van der Waals surface area contributed by atoms with Gasteiger partial charge >= 0.3 is 0 Å². The number of H-pyrrole nitrogens is 1. The van der Waals surface area contributed by atoms with E-state index in [1.807, 2.05) is 18.2 Å². The van der Waals surface area contributed by atoms with Crippen LogP contribution >= 0.6 is 12.2 Å². The minimum Gasteiger partial charge on any atom is -0.484 e. The summed E-state index contributed by atoms with van der Waals surface area (Å²) < 4.78 is 13.8. The van der Waals surface area contributed by atoms with Gasteiger partial charge in [0.05, 0.1) is 6.54 Å². The van der Waals surface area contributed by atoms with Gasteiger partial charge in [-0.15, -0.1) is 0 Å². The Morgan fingerprint density at radius 1 is 1.42 bits per heavy atom. The topological polar surface area (TPSA) is 85.1 Å². The van der Waals surface area contributed by atoms with E-state index in [0.717, 1.165) is 29.6 Å². The maximum Gasteiger partial charge on any atom is 0.258 e. The number of aromatic nitrogens is 3. The second kappa shape index (κ2) is 6.95. The number of amides is 1. The summed E-state index contributed by atoms with van der Waals surface area (Å²) >= 11 is 5.04. The highest BCUT2D eigenvalue weighted by molar-refractivity contribution is 7.71. The first-order valence-electron chi connectivity index (χ1n) is 8.66. The van der Waals surface area contributed by atoms with E-state index in [-0.39, 0.29) is 12.5 Å². The zero-order valence-electron chi connectivity index (χ0n) is 14.5. The molecule has 2 aromatic heterocycles. The lowest BCUT2D eigenvalue weighted by Gasteiger charge is -2.09. The van der Waals surface area contributed by atoms with Crippen LogP contribution in [0.2, 0.25) is 0 Å². The molecule has 0 radical (unpaired) electrons. The molecule has 4 rings (SSSR count). The average Bonchev–Trinajstić information content (AvgIpc) is 3.18. The van der Waals surface area contributed by atoms with Crippen LogP contribution < -0.4 is 10.1 Å². The fraction of sp³-hybridized carbons (Fsp3) is 0.389. The van der Waals surface area contributed by atoms with E-state index in [1.165, 1.54) is 18.4 Å². The van der Waals surface area contributed by atoms with Crippen LogP contribution in [0.5, 0.6) is 5.75 Å². The number of furan rings is 1. The molecule has 7 nitrogen and oxygen atoms in total. The molecule has 1 amide bonds. The first-order valence-corrected chi connectivity index (χ1v) is 9.06. The van der Waals surface area contributed by atoms with Crippen molar-refractivity contribution in [2.24, 2.45) is 7.05 Å². The van der Waals surface area contributed by atoms with E-state index in [4.69, 9.17) is 21.4 Å². The van der Waals surface area contributed by atoms with E-state index in [9.17, 15) is 4.79 Å². The molecule has 0 bridgehead atoms. The fourth-order valence-corrected chi connectivity index (χ4v) is 3.40. The molecule has 0 spiro atoms. The van der Waals surface area contributed by atoms with Crippen molar-refractivity contribution >= 4 is 29.1 Å². The Labute approximate surface area is 155 Å². The van der Waals surface area contributed by atoms with Crippen molar-refractivity contribution in [1.29, 1.82) is 0 Å². The summed E-state index contributed by atoms with van der Waals surface area (Å²) in [6.07, 6.45) is 4.40. The monoisotopic (exact) mass is 372 g/mol. The van der Waals surface area contributed by atoms with Crippen LogP contribution in [0.25, 0.3) is 11.0 Å². The SMILES string of the molecule is Cn1c(CNC(=O)COc2ccc3oc4c(c3c2)CCCC4)n[nH]c1=S. The zero-order valence-corrected chi connectivity index (χ0v) is 15.3. The Kier molecular flexibility index (Phi) is 4.50. The van der Waals surface area contributed by atoms with Crippen LogP contribution in [0.15, 0.2) is 22.6 Å². The molecule has 0 atom stereocenters. The maximum atomic E-state index is 12.0. The lowest BCUT2D eigenvalue weighted by atomic mass is 9.96. The highest BCUT2D eigenvalue weighted by Gasteiger charge is 2.18. The Morgan fingerprint density at radius 2 is 2.27 bits per heavy atom. The molecule has 8 heteroatoms. The molecule has 2 N–H and O–H groups in total. The van der Waals surface area contributed by atoms with E-state index in [2.05, 4.69) is 15.5 Å². The number of benzene rings is 1. The largest absolute Gasteiger partial charge is 0.484 e. The van der Waals surface area contributed by atoms with Crippen molar-refractivity contribution < 1.29 is 13.9 Å². The van der Waals surface area contributed by atoms with Crippen molar-refractivity contribution in [2.45, 2.75) is 32.2 Å². The summed E-state index contributed by atoms with van der Waals surface area (Å²) in [5.41, 5.74) is 2.17. The van der Waals surface area contributed by atoms with Crippen molar-refractivity contribution in [2.75, 3.05) is 6.61 Å². The van der Waals surface area contributed by atoms with Gasteiger partial charge in [-0.3, -0.25) is 9.89 Å². The number of carbonyl (C=O) groups is 1. The van der Waals surface area contributed by atoms with Crippen LogP contribution in [0.3, 0.4) is 0 Å². The smallest absolute Gasteiger partial charge is 0.258 e. The quantitative estimate of drug-likeness (QED) is 0.673. The number of rotatable bonds is 5. The van der Waals surface area contributed by atoms with Crippen molar-refractivity contribution in [3.05, 3.63) is 40.1 Å². The first kappa shape index (κ1) is 16.8. The first-order chi connectivity index (χ1) is 12.6. The number of fused-ring (bicyclic) bond motifs is 3. The summed E-state index contributed by atoms with van der Waals surface area (Å²) in [5.74, 6) is 2.21. The summed E-state index contributed by atoms with van der Waals surface area (Å²) in [7, 11) is 1.80. The van der Waals surface area contributed by atoms with E-state index >= 15 is 0 Å². The maximum absolute atomic E-state index is 12.0. The van der Waals surface area contributed by atoms with Crippen molar-refractivity contribution in [1.82, 2.24) is 20.1 Å². The normalized spacial score (nSPS) is 13.6. The van der Waals surface area contributed by atoms with Gasteiger partial charge in [-0.05, 0) is 49.7 Å². The second-order valence-electron chi connectivity index (χ2n) is 6.44. The van der Waals surface area contributed by atoms with Gasteiger partial charge in [0.25, 0.3) is 5.91 Å². The molecule has 26 heavy (non-hydrogen) atoms. The van der Waals surface area contributed by atoms with E-state index in [0.29, 0.717) is 22.9 Å². The number of hydrogen-bond acceptors (Lipinski definition) is 5. The summed E-state index contributed by atoms with van der Waals surface area (Å²) in [6, 6.07) is 5.71. The number of aryl methyl sites for hydroxylation is 2. The second-order valence-corrected chi connectivity index (χ2v) is 6.82. The molecule has 0 unspecified atom stereocenters. The van der Waals surface area contributed by atoms with Crippen LogP contribution in [-0.4, -0.2) is 27.3 Å². The Bertz CT molecular complexity index is 1020. The lowest BCUT2D eigenvalue weighted by Crippen LogP contribution is -2.29. The summed E-state index contributed by atoms with van der Waals surface area (Å²) in [4.78, 5) is 12.0.